The van der Waals surface area contributed by atoms with Gasteiger partial charge in [0.1, 0.15) is 11.9 Å². The molecule has 2 rings (SSSR count). The second-order valence-electron chi connectivity index (χ2n) is 8.35. The number of rotatable bonds is 15. The van der Waals surface area contributed by atoms with Crippen molar-refractivity contribution < 1.29 is 14.3 Å². The molecule has 0 saturated carbocycles. The highest BCUT2D eigenvalue weighted by molar-refractivity contribution is 5.69. The number of carbonyl (C=O) groups is 1. The molecule has 1 unspecified atom stereocenters. The highest BCUT2D eigenvalue weighted by atomic mass is 16.5. The van der Waals surface area contributed by atoms with Gasteiger partial charge in [0.25, 0.3) is 0 Å². The zero-order chi connectivity index (χ0) is 22.3. The summed E-state index contributed by atoms with van der Waals surface area (Å²) in [4.78, 5) is 11.8. The summed E-state index contributed by atoms with van der Waals surface area (Å²) in [6.07, 6.45) is 11.2. The van der Waals surface area contributed by atoms with Gasteiger partial charge in [-0.15, -0.1) is 0 Å². The molecule has 31 heavy (non-hydrogen) atoms. The number of benzene rings is 2. The van der Waals surface area contributed by atoms with Crippen molar-refractivity contribution in [3.63, 3.8) is 0 Å². The van der Waals surface area contributed by atoms with E-state index in [0.717, 1.165) is 48.3 Å². The molecular weight excluding hydrogens is 384 g/mol. The molecule has 0 heterocycles. The molecule has 2 aromatic rings. The third kappa shape index (κ3) is 9.59. The lowest BCUT2D eigenvalue weighted by molar-refractivity contribution is -0.148. The van der Waals surface area contributed by atoms with E-state index in [1.165, 1.54) is 38.5 Å². The Hall–Kier alpha value is -2.29. The van der Waals surface area contributed by atoms with E-state index in [4.69, 9.17) is 9.47 Å². The van der Waals surface area contributed by atoms with Crippen molar-refractivity contribution in [1.82, 2.24) is 0 Å². The summed E-state index contributed by atoms with van der Waals surface area (Å²) in [6, 6.07) is 16.5. The second kappa shape index (κ2) is 14.7. The normalized spacial score (nSPS) is 11.8. The first kappa shape index (κ1) is 25.0. The van der Waals surface area contributed by atoms with E-state index in [2.05, 4.69) is 38.1 Å². The van der Waals surface area contributed by atoms with Crippen LogP contribution in [0.1, 0.15) is 96.6 Å². The minimum Gasteiger partial charge on any atom is -0.494 e. The molecule has 0 N–H and O–H groups in total. The maximum Gasteiger partial charge on any atom is 0.306 e. The van der Waals surface area contributed by atoms with Crippen LogP contribution in [0.25, 0.3) is 11.1 Å². The molecular formula is C28H40O3. The van der Waals surface area contributed by atoms with Crippen molar-refractivity contribution in [2.24, 2.45) is 0 Å². The fourth-order valence-corrected chi connectivity index (χ4v) is 3.58. The van der Waals surface area contributed by atoms with E-state index in [1.54, 1.807) is 0 Å². The first-order valence-corrected chi connectivity index (χ1v) is 12.2. The summed E-state index contributed by atoms with van der Waals surface area (Å²) in [6.45, 7) is 7.04. The van der Waals surface area contributed by atoms with E-state index >= 15 is 0 Å². The lowest BCUT2D eigenvalue weighted by atomic mass is 10.0. The van der Waals surface area contributed by atoms with Crippen molar-refractivity contribution >= 4 is 5.97 Å². The molecule has 0 spiro atoms. The van der Waals surface area contributed by atoms with Crippen molar-refractivity contribution in [2.45, 2.75) is 91.1 Å². The summed E-state index contributed by atoms with van der Waals surface area (Å²) >= 11 is 0. The monoisotopic (exact) mass is 424 g/mol. The van der Waals surface area contributed by atoms with Gasteiger partial charge in [-0.05, 0) is 48.6 Å². The SMILES string of the molecule is CCCCCCCCCOc1ccc(-c2ccc(C(C)OC(=O)CCCC)cc2)cc1. The van der Waals surface area contributed by atoms with E-state index in [9.17, 15) is 4.79 Å². The standard InChI is InChI=1S/C28H40O3/c1-4-6-8-9-10-11-12-22-30-27-20-18-26(19-21-27)25-16-14-24(15-17-25)23(3)31-28(29)13-7-5-2/h14-21,23H,4-13,22H2,1-3H3. The lowest BCUT2D eigenvalue weighted by Gasteiger charge is -2.14. The highest BCUT2D eigenvalue weighted by Crippen LogP contribution is 2.25. The number of ether oxygens (including phenoxy) is 2. The van der Waals surface area contributed by atoms with Gasteiger partial charge < -0.3 is 9.47 Å². The van der Waals surface area contributed by atoms with Crippen molar-refractivity contribution in [2.75, 3.05) is 6.61 Å². The van der Waals surface area contributed by atoms with Gasteiger partial charge >= 0.3 is 5.97 Å². The Labute approximate surface area is 189 Å². The molecule has 0 aliphatic heterocycles. The van der Waals surface area contributed by atoms with Crippen molar-refractivity contribution in [1.29, 1.82) is 0 Å². The number of hydrogen-bond acceptors (Lipinski definition) is 3. The van der Waals surface area contributed by atoms with Crippen LogP contribution in [0.2, 0.25) is 0 Å². The number of esters is 1. The number of carbonyl (C=O) groups excluding carboxylic acids is 1. The molecule has 0 amide bonds. The molecule has 3 nitrogen and oxygen atoms in total. The van der Waals surface area contributed by atoms with Gasteiger partial charge in [-0.3, -0.25) is 4.79 Å². The minimum atomic E-state index is -0.221. The summed E-state index contributed by atoms with van der Waals surface area (Å²) in [5.74, 6) is 0.810. The highest BCUT2D eigenvalue weighted by Gasteiger charge is 2.11. The number of unbranched alkanes of at least 4 members (excludes halogenated alkanes) is 7. The Morgan fingerprint density at radius 1 is 0.742 bits per heavy atom. The van der Waals surface area contributed by atoms with Crippen LogP contribution in [0.15, 0.2) is 48.5 Å². The van der Waals surface area contributed by atoms with Crippen LogP contribution < -0.4 is 4.74 Å². The zero-order valence-electron chi connectivity index (χ0n) is 19.7. The zero-order valence-corrected chi connectivity index (χ0v) is 19.7. The summed E-state index contributed by atoms with van der Waals surface area (Å²) in [7, 11) is 0. The number of hydrogen-bond donors (Lipinski definition) is 0. The Morgan fingerprint density at radius 3 is 1.90 bits per heavy atom. The van der Waals surface area contributed by atoms with Crippen LogP contribution in [0.5, 0.6) is 5.75 Å². The van der Waals surface area contributed by atoms with Gasteiger partial charge in [0.05, 0.1) is 6.61 Å². The van der Waals surface area contributed by atoms with E-state index < -0.39 is 0 Å². The predicted molar refractivity (Wildman–Crippen MR) is 129 cm³/mol. The fourth-order valence-electron chi connectivity index (χ4n) is 3.58. The van der Waals surface area contributed by atoms with Gasteiger partial charge in [-0.1, -0.05) is 95.2 Å². The Bertz CT molecular complexity index is 734. The van der Waals surface area contributed by atoms with E-state index in [1.807, 2.05) is 31.2 Å². The largest absolute Gasteiger partial charge is 0.494 e. The maximum atomic E-state index is 11.8. The summed E-state index contributed by atoms with van der Waals surface area (Å²) in [5.41, 5.74) is 3.32. The van der Waals surface area contributed by atoms with Crippen LogP contribution in [-0.4, -0.2) is 12.6 Å². The molecule has 0 aliphatic rings. The molecule has 0 fully saturated rings. The molecule has 0 radical (unpaired) electrons. The summed E-state index contributed by atoms with van der Waals surface area (Å²) in [5, 5.41) is 0. The maximum absolute atomic E-state index is 11.8. The molecule has 1 atom stereocenters. The van der Waals surface area contributed by atoms with Crippen LogP contribution in [0.3, 0.4) is 0 Å². The van der Waals surface area contributed by atoms with Crippen LogP contribution in [-0.2, 0) is 9.53 Å². The second-order valence-corrected chi connectivity index (χ2v) is 8.35. The van der Waals surface area contributed by atoms with Gasteiger partial charge in [0.15, 0.2) is 0 Å². The first-order chi connectivity index (χ1) is 15.1. The molecule has 2 aromatic carbocycles. The third-order valence-electron chi connectivity index (χ3n) is 5.63. The van der Waals surface area contributed by atoms with Crippen molar-refractivity contribution in [3.8, 4) is 16.9 Å². The van der Waals surface area contributed by atoms with Gasteiger partial charge in [0, 0.05) is 6.42 Å². The van der Waals surface area contributed by atoms with Gasteiger partial charge in [0.2, 0.25) is 0 Å². The Kier molecular flexibility index (Phi) is 11.8. The molecule has 0 aliphatic carbocycles. The van der Waals surface area contributed by atoms with E-state index in [0.29, 0.717) is 6.42 Å². The average molecular weight is 425 g/mol. The molecule has 0 saturated heterocycles. The average Bonchev–Trinajstić information content (AvgIpc) is 2.80. The third-order valence-corrected chi connectivity index (χ3v) is 5.63. The Balaban J connectivity index is 1.76. The molecule has 3 heteroatoms. The summed E-state index contributed by atoms with van der Waals surface area (Å²) < 4.78 is 11.4. The van der Waals surface area contributed by atoms with Crippen molar-refractivity contribution in [3.05, 3.63) is 54.1 Å². The molecule has 170 valence electrons. The van der Waals surface area contributed by atoms with E-state index in [-0.39, 0.29) is 12.1 Å². The van der Waals surface area contributed by atoms with Gasteiger partial charge in [-0.25, -0.2) is 0 Å². The van der Waals surface area contributed by atoms with Crippen LogP contribution in [0, 0.1) is 0 Å². The van der Waals surface area contributed by atoms with Crippen LogP contribution in [0.4, 0.5) is 0 Å². The fraction of sp³-hybridized carbons (Fsp3) is 0.536. The molecule has 0 bridgehead atoms. The van der Waals surface area contributed by atoms with Gasteiger partial charge in [-0.2, -0.15) is 0 Å². The van der Waals surface area contributed by atoms with Crippen LogP contribution >= 0.6 is 0 Å². The first-order valence-electron chi connectivity index (χ1n) is 12.2. The minimum absolute atomic E-state index is 0.120. The smallest absolute Gasteiger partial charge is 0.306 e. The molecule has 0 aromatic heterocycles. The quantitative estimate of drug-likeness (QED) is 0.213. The lowest BCUT2D eigenvalue weighted by Crippen LogP contribution is -2.08. The Morgan fingerprint density at radius 2 is 1.29 bits per heavy atom. The topological polar surface area (TPSA) is 35.5 Å². The predicted octanol–water partition coefficient (Wildman–Crippen LogP) is 8.28.